The zero-order valence-corrected chi connectivity index (χ0v) is 8.96. The van der Waals surface area contributed by atoms with Crippen molar-refractivity contribution in [1.29, 1.82) is 0 Å². The Bertz CT molecular complexity index is 92.3. The van der Waals surface area contributed by atoms with Gasteiger partial charge in [-0.2, -0.15) is 0 Å². The Labute approximate surface area is 92.7 Å². The Hall–Kier alpha value is -0.114. The smallest absolute Gasteiger partial charge is 0.719 e. The first-order valence-electron chi connectivity index (χ1n) is 1.89. The molecular weight excluding hydrogens is 196 g/mol. The van der Waals surface area contributed by atoms with Crippen LogP contribution in [-0.4, -0.2) is 33.5 Å². The third-order valence-electron chi connectivity index (χ3n) is 0. The fourth-order valence-corrected chi connectivity index (χ4v) is 0. The molecule has 0 fully saturated rings. The first-order valence-corrected chi connectivity index (χ1v) is 2.71. The van der Waals surface area contributed by atoms with Crippen molar-refractivity contribution in [3.8, 4) is 0 Å². The van der Waals surface area contributed by atoms with E-state index >= 15 is 0 Å². The van der Waals surface area contributed by atoms with Gasteiger partial charge in [-0.15, -0.1) is 13.2 Å². The summed E-state index contributed by atoms with van der Waals surface area (Å²) in [6.07, 6.45) is 0. The minimum absolute atomic E-state index is 0. The maximum absolute atomic E-state index is 9.04. The van der Waals surface area contributed by atoms with Crippen molar-refractivity contribution < 1.29 is 9.59 Å². The molecule has 2 amide bonds. The molecule has 0 radical (unpaired) electrons. The van der Waals surface area contributed by atoms with Gasteiger partial charge in [0, 0.05) is 0 Å². The molecule has 0 bridgehead atoms. The van der Waals surface area contributed by atoms with Crippen LogP contribution in [0.4, 0.5) is 9.59 Å². The van der Waals surface area contributed by atoms with Crippen LogP contribution in [0.25, 0.3) is 0 Å². The van der Waals surface area contributed by atoms with E-state index < -0.39 is 10.5 Å². The summed E-state index contributed by atoms with van der Waals surface area (Å²) < 4.78 is 0. The largest absolute Gasteiger partial charge is 2.00 e. The molecule has 0 saturated carbocycles. The Balaban J connectivity index is -0.0000000339. The number of rotatable bonds is 0. The van der Waals surface area contributed by atoms with Gasteiger partial charge >= 0.3 is 23.1 Å². The van der Waals surface area contributed by atoms with Crippen LogP contribution >= 0.6 is 0 Å². The number of hydrogen-bond acceptors (Lipinski definition) is 4. The first kappa shape index (κ1) is 22.4. The van der Waals surface area contributed by atoms with Crippen molar-refractivity contribution in [3.05, 3.63) is 13.2 Å². The summed E-state index contributed by atoms with van der Waals surface area (Å²) in [5.41, 5.74) is 8.57. The predicted octanol–water partition coefficient (Wildman–Crippen LogP) is -0.355. The molecule has 11 heavy (non-hydrogen) atoms. The summed E-state index contributed by atoms with van der Waals surface area (Å²) >= 11 is 7.52. The van der Waals surface area contributed by atoms with Gasteiger partial charge in [0.15, 0.2) is 0 Å². The van der Waals surface area contributed by atoms with Crippen LogP contribution in [0.15, 0.2) is 13.2 Å². The van der Waals surface area contributed by atoms with Crippen LogP contribution in [0.3, 0.4) is 0 Å². The maximum atomic E-state index is 9.04. The van der Waals surface area contributed by atoms with E-state index in [9.17, 15) is 0 Å². The maximum Gasteiger partial charge on any atom is 2.00 e. The zero-order valence-electron chi connectivity index (χ0n) is 5.91. The van der Waals surface area contributed by atoms with Crippen molar-refractivity contribution >= 4 is 58.8 Å². The van der Waals surface area contributed by atoms with Crippen LogP contribution in [0.2, 0.25) is 0 Å². The van der Waals surface area contributed by atoms with Crippen LogP contribution in [-0.2, 0) is 25.3 Å². The van der Waals surface area contributed by atoms with Crippen LogP contribution < -0.4 is 11.5 Å². The second-order valence-corrected chi connectivity index (χ2v) is 1.44. The molecule has 0 aliphatic rings. The van der Waals surface area contributed by atoms with E-state index in [0.717, 1.165) is 0 Å². The summed E-state index contributed by atoms with van der Waals surface area (Å²) in [4.78, 5) is 18.1. The van der Waals surface area contributed by atoms with Gasteiger partial charge in [-0.3, -0.25) is 0 Å². The standard InChI is InChI=1S/C2H4.2CH3NOS.Mg/c1-2;2*2-1(3)4;/h1-2H2;2*(H3,2,3,4);/q;;;+2/p-2. The quantitative estimate of drug-likeness (QED) is 0.321. The van der Waals surface area contributed by atoms with Crippen molar-refractivity contribution in [3.63, 3.8) is 0 Å². The molecule has 7 heteroatoms. The molecule has 0 atom stereocenters. The van der Waals surface area contributed by atoms with E-state index in [-0.39, 0.29) is 23.1 Å². The Morgan fingerprint density at radius 1 is 1.00 bits per heavy atom. The first-order chi connectivity index (χ1) is 4.46. The molecule has 60 valence electrons. The molecule has 0 rings (SSSR count). The molecule has 0 aliphatic heterocycles. The van der Waals surface area contributed by atoms with E-state index in [1.165, 1.54) is 0 Å². The Morgan fingerprint density at radius 3 is 1.00 bits per heavy atom. The average molecular weight is 205 g/mol. The van der Waals surface area contributed by atoms with E-state index in [1.807, 2.05) is 0 Å². The van der Waals surface area contributed by atoms with Gasteiger partial charge < -0.3 is 46.3 Å². The van der Waals surface area contributed by atoms with Crippen molar-refractivity contribution in [2.24, 2.45) is 11.5 Å². The average Bonchev–Trinajstić information content (AvgIpc) is 1.66. The molecule has 0 aromatic carbocycles. The normalized spacial score (nSPS) is 4.73. The van der Waals surface area contributed by atoms with Crippen molar-refractivity contribution in [1.82, 2.24) is 0 Å². The molecule has 0 saturated heterocycles. The predicted molar refractivity (Wildman–Crippen MR) is 50.9 cm³/mol. The number of carbonyl (C=O) groups is 2. The van der Waals surface area contributed by atoms with Gasteiger partial charge in [0.2, 0.25) is 0 Å². The van der Waals surface area contributed by atoms with Gasteiger partial charge in [0.1, 0.15) is 0 Å². The van der Waals surface area contributed by atoms with Crippen LogP contribution in [0.1, 0.15) is 0 Å². The monoisotopic (exact) mass is 204 g/mol. The van der Waals surface area contributed by atoms with Gasteiger partial charge in [-0.1, -0.05) is 0 Å². The molecular formula is C4H8MgN2O2S2. The second kappa shape index (κ2) is 22.5. The summed E-state index contributed by atoms with van der Waals surface area (Å²) in [5.74, 6) is 0. The summed E-state index contributed by atoms with van der Waals surface area (Å²) in [6, 6.07) is 0. The number of carbonyl (C=O) groups excluding carboxylic acids is 2. The summed E-state index contributed by atoms with van der Waals surface area (Å²) in [7, 11) is 0. The molecule has 0 aliphatic carbocycles. The minimum atomic E-state index is -0.750. The van der Waals surface area contributed by atoms with Crippen LogP contribution in [0, 0.1) is 0 Å². The minimum Gasteiger partial charge on any atom is -0.719 e. The number of nitrogens with two attached hydrogens (primary N) is 2. The number of primary amides is 2. The third kappa shape index (κ3) is 47500. The van der Waals surface area contributed by atoms with E-state index in [1.54, 1.807) is 0 Å². The number of hydrogen-bond donors (Lipinski definition) is 2. The molecule has 4 N–H and O–H groups in total. The van der Waals surface area contributed by atoms with Crippen molar-refractivity contribution in [2.75, 3.05) is 0 Å². The summed E-state index contributed by atoms with van der Waals surface area (Å²) in [6.45, 7) is 6.00. The molecule has 0 aromatic rings. The zero-order chi connectivity index (χ0) is 9.15. The van der Waals surface area contributed by atoms with E-state index in [2.05, 4.69) is 49.9 Å². The van der Waals surface area contributed by atoms with Gasteiger partial charge in [-0.25, -0.2) is 0 Å². The van der Waals surface area contributed by atoms with E-state index in [0.29, 0.717) is 0 Å². The van der Waals surface area contributed by atoms with Crippen LogP contribution in [0.5, 0.6) is 0 Å². The fourth-order valence-electron chi connectivity index (χ4n) is 0. The second-order valence-electron chi connectivity index (χ2n) is 0.638. The van der Waals surface area contributed by atoms with Gasteiger partial charge in [0.25, 0.3) is 0 Å². The molecule has 0 heterocycles. The molecule has 4 nitrogen and oxygen atoms in total. The Kier molecular flexibility index (Phi) is 46.0. The third-order valence-corrected chi connectivity index (χ3v) is 0. The molecule has 0 aromatic heterocycles. The summed E-state index contributed by atoms with van der Waals surface area (Å²) in [5, 5.41) is -1.50. The number of amides is 2. The van der Waals surface area contributed by atoms with Gasteiger partial charge in [-0.05, 0) is 0 Å². The molecule has 0 unspecified atom stereocenters. The Morgan fingerprint density at radius 2 is 1.00 bits per heavy atom. The molecule has 0 spiro atoms. The van der Waals surface area contributed by atoms with Gasteiger partial charge in [0.05, 0.1) is 10.5 Å². The topological polar surface area (TPSA) is 86.2 Å². The van der Waals surface area contributed by atoms with E-state index in [4.69, 9.17) is 9.59 Å². The SMILES string of the molecule is C=C.NC(=O)[S-].NC(=O)[S-].[Mg+2]. The van der Waals surface area contributed by atoms with Crippen molar-refractivity contribution in [2.45, 2.75) is 0 Å². The fraction of sp³-hybridized carbons (Fsp3) is 0.